The van der Waals surface area contributed by atoms with Gasteiger partial charge >= 0.3 is 0 Å². The number of nitrogens with zero attached hydrogens (tertiary/aromatic N) is 5. The van der Waals surface area contributed by atoms with Crippen LogP contribution in [0.1, 0.15) is 5.56 Å². The molecule has 1 aliphatic heterocycles. The van der Waals surface area contributed by atoms with Crippen LogP contribution in [0.15, 0.2) is 59.9 Å². The molecular formula is C22H20FN5O2S. The summed E-state index contributed by atoms with van der Waals surface area (Å²) in [7, 11) is -3.70. The largest absolute Gasteiger partial charge is 0.353 e. The Morgan fingerprint density at radius 3 is 2.58 bits per heavy atom. The highest BCUT2D eigenvalue weighted by Gasteiger charge is 2.31. The van der Waals surface area contributed by atoms with Crippen molar-refractivity contribution in [3.05, 3.63) is 66.4 Å². The Morgan fingerprint density at radius 1 is 0.968 bits per heavy atom. The van der Waals surface area contributed by atoms with Gasteiger partial charge < -0.3 is 4.90 Å². The molecule has 1 saturated heterocycles. The summed E-state index contributed by atoms with van der Waals surface area (Å²) in [6, 6.07) is 11.5. The number of aromatic nitrogens is 3. The minimum atomic E-state index is -3.70. The van der Waals surface area contributed by atoms with E-state index >= 15 is 0 Å². The van der Waals surface area contributed by atoms with Crippen LogP contribution >= 0.6 is 0 Å². The number of benzene rings is 2. The molecule has 0 atom stereocenters. The number of para-hydroxylation sites is 1. The maximum absolute atomic E-state index is 13.8. The lowest BCUT2D eigenvalue weighted by atomic mass is 10.2. The van der Waals surface area contributed by atoms with Crippen LogP contribution in [0.25, 0.3) is 21.8 Å². The monoisotopic (exact) mass is 437 g/mol. The molecular weight excluding hydrogens is 417 g/mol. The average molecular weight is 438 g/mol. The van der Waals surface area contributed by atoms with Crippen LogP contribution in [0.2, 0.25) is 0 Å². The molecule has 0 saturated carbocycles. The van der Waals surface area contributed by atoms with E-state index in [1.165, 1.54) is 22.8 Å². The Balaban J connectivity index is 1.43. The van der Waals surface area contributed by atoms with Gasteiger partial charge in [0.2, 0.25) is 10.0 Å². The molecule has 2 aromatic carbocycles. The number of aryl methyl sites for hydroxylation is 1. The number of piperazine rings is 1. The van der Waals surface area contributed by atoms with E-state index in [9.17, 15) is 12.8 Å². The van der Waals surface area contributed by atoms with E-state index < -0.39 is 10.0 Å². The van der Waals surface area contributed by atoms with Gasteiger partial charge in [-0.15, -0.1) is 0 Å². The Labute approximate surface area is 179 Å². The molecule has 5 rings (SSSR count). The van der Waals surface area contributed by atoms with E-state index in [1.807, 2.05) is 24.0 Å². The first-order valence-corrected chi connectivity index (χ1v) is 11.4. The van der Waals surface area contributed by atoms with Gasteiger partial charge in [0.25, 0.3) is 0 Å². The maximum Gasteiger partial charge on any atom is 0.245 e. The zero-order valence-electron chi connectivity index (χ0n) is 16.9. The number of hydrogen-bond donors (Lipinski definition) is 0. The van der Waals surface area contributed by atoms with Gasteiger partial charge in [0.1, 0.15) is 22.9 Å². The average Bonchev–Trinajstić information content (AvgIpc) is 2.78. The summed E-state index contributed by atoms with van der Waals surface area (Å²) in [5, 5.41) is 1.42. The van der Waals surface area contributed by atoms with Crippen LogP contribution in [-0.2, 0) is 10.0 Å². The Hall–Kier alpha value is -3.17. The Kier molecular flexibility index (Phi) is 4.79. The fraction of sp³-hybridized carbons (Fsp3) is 0.227. The molecule has 158 valence electrons. The van der Waals surface area contributed by atoms with E-state index in [0.29, 0.717) is 48.4 Å². The van der Waals surface area contributed by atoms with Gasteiger partial charge in [0.05, 0.1) is 11.0 Å². The lowest BCUT2D eigenvalue weighted by molar-refractivity contribution is 0.384. The second kappa shape index (κ2) is 7.51. The van der Waals surface area contributed by atoms with Crippen molar-refractivity contribution in [2.75, 3.05) is 31.1 Å². The molecule has 4 aromatic rings. The third-order valence-electron chi connectivity index (χ3n) is 5.54. The number of pyridine rings is 1. The summed E-state index contributed by atoms with van der Waals surface area (Å²) in [5.41, 5.74) is 2.11. The molecule has 2 aromatic heterocycles. The van der Waals surface area contributed by atoms with E-state index in [4.69, 9.17) is 0 Å². The van der Waals surface area contributed by atoms with E-state index in [1.54, 1.807) is 24.4 Å². The van der Waals surface area contributed by atoms with Gasteiger partial charge in [0.15, 0.2) is 0 Å². The third-order valence-corrected chi connectivity index (χ3v) is 7.47. The molecule has 0 amide bonds. The molecule has 0 unspecified atom stereocenters. The number of anilines is 1. The normalized spacial score (nSPS) is 15.6. The van der Waals surface area contributed by atoms with Crippen molar-refractivity contribution in [3.63, 3.8) is 0 Å². The smallest absolute Gasteiger partial charge is 0.245 e. The minimum Gasteiger partial charge on any atom is -0.353 e. The zero-order valence-corrected chi connectivity index (χ0v) is 17.7. The van der Waals surface area contributed by atoms with E-state index in [-0.39, 0.29) is 10.7 Å². The fourth-order valence-corrected chi connectivity index (χ4v) is 5.59. The summed E-state index contributed by atoms with van der Waals surface area (Å²) in [5.74, 6) is 0.257. The quantitative estimate of drug-likeness (QED) is 0.490. The fourth-order valence-electron chi connectivity index (χ4n) is 4.00. The van der Waals surface area contributed by atoms with Gasteiger partial charge in [-0.2, -0.15) is 4.31 Å². The Bertz CT molecular complexity index is 1400. The zero-order chi connectivity index (χ0) is 21.6. The van der Waals surface area contributed by atoms with Gasteiger partial charge in [-0.1, -0.05) is 12.1 Å². The van der Waals surface area contributed by atoms with Crippen molar-refractivity contribution in [2.24, 2.45) is 0 Å². The van der Waals surface area contributed by atoms with Crippen LogP contribution in [0.4, 0.5) is 10.2 Å². The van der Waals surface area contributed by atoms with Crippen LogP contribution in [0, 0.1) is 12.7 Å². The molecule has 0 bridgehead atoms. The first-order valence-electron chi connectivity index (χ1n) is 9.94. The maximum atomic E-state index is 13.8. The van der Waals surface area contributed by atoms with Crippen molar-refractivity contribution in [3.8, 4) is 0 Å². The lowest BCUT2D eigenvalue weighted by Gasteiger charge is -2.35. The SMILES string of the molecule is Cc1cnc2c(S(=O)(=O)N3CCN(c4ncnc5ccc(F)cc45)CC3)cccc2c1. The van der Waals surface area contributed by atoms with Crippen molar-refractivity contribution in [2.45, 2.75) is 11.8 Å². The number of fused-ring (bicyclic) bond motifs is 2. The third kappa shape index (κ3) is 3.49. The van der Waals surface area contributed by atoms with Crippen LogP contribution in [-0.4, -0.2) is 53.9 Å². The summed E-state index contributed by atoms with van der Waals surface area (Å²) in [4.78, 5) is 15.1. The van der Waals surface area contributed by atoms with E-state index in [0.717, 1.165) is 10.9 Å². The highest BCUT2D eigenvalue weighted by molar-refractivity contribution is 7.89. The highest BCUT2D eigenvalue weighted by Crippen LogP contribution is 2.28. The minimum absolute atomic E-state index is 0.216. The number of halogens is 1. The molecule has 3 heterocycles. The van der Waals surface area contributed by atoms with E-state index in [2.05, 4.69) is 15.0 Å². The summed E-state index contributed by atoms with van der Waals surface area (Å²) in [6.45, 7) is 3.41. The predicted octanol–water partition coefficient (Wildman–Crippen LogP) is 3.14. The first kappa shape index (κ1) is 19.8. The Morgan fingerprint density at radius 2 is 1.77 bits per heavy atom. The molecule has 7 nitrogen and oxygen atoms in total. The molecule has 31 heavy (non-hydrogen) atoms. The molecule has 0 aliphatic carbocycles. The van der Waals surface area contributed by atoms with Crippen LogP contribution < -0.4 is 4.90 Å². The van der Waals surface area contributed by atoms with Crippen molar-refractivity contribution in [1.29, 1.82) is 0 Å². The van der Waals surface area contributed by atoms with Gasteiger partial charge in [-0.05, 0) is 42.8 Å². The lowest BCUT2D eigenvalue weighted by Crippen LogP contribution is -2.49. The van der Waals surface area contributed by atoms with Crippen LogP contribution in [0.5, 0.6) is 0 Å². The van der Waals surface area contributed by atoms with Gasteiger partial charge in [-0.3, -0.25) is 4.98 Å². The predicted molar refractivity (Wildman–Crippen MR) is 117 cm³/mol. The molecule has 9 heteroatoms. The second-order valence-corrected chi connectivity index (χ2v) is 9.50. The van der Waals surface area contributed by atoms with Gasteiger partial charge in [-0.25, -0.2) is 22.8 Å². The molecule has 1 fully saturated rings. The van der Waals surface area contributed by atoms with Crippen molar-refractivity contribution in [1.82, 2.24) is 19.3 Å². The number of rotatable bonds is 3. The summed E-state index contributed by atoms with van der Waals surface area (Å²) < 4.78 is 42.0. The van der Waals surface area contributed by atoms with Crippen molar-refractivity contribution >= 4 is 37.6 Å². The first-order chi connectivity index (χ1) is 14.9. The second-order valence-electron chi connectivity index (χ2n) is 7.59. The van der Waals surface area contributed by atoms with Crippen molar-refractivity contribution < 1.29 is 12.8 Å². The highest BCUT2D eigenvalue weighted by atomic mass is 32.2. The van der Waals surface area contributed by atoms with Gasteiger partial charge in [0, 0.05) is 43.1 Å². The van der Waals surface area contributed by atoms with Crippen LogP contribution in [0.3, 0.4) is 0 Å². The standard InChI is InChI=1S/C22H20FN5O2S/c1-15-11-16-3-2-4-20(21(16)24-13-15)31(29,30)28-9-7-27(8-10-28)22-18-12-17(23)5-6-19(18)25-14-26-22/h2-6,11-14H,7-10H2,1H3. The summed E-state index contributed by atoms with van der Waals surface area (Å²) in [6.07, 6.45) is 3.13. The molecule has 0 N–H and O–H groups in total. The number of hydrogen-bond acceptors (Lipinski definition) is 6. The molecule has 0 spiro atoms. The summed E-state index contributed by atoms with van der Waals surface area (Å²) >= 11 is 0. The molecule has 0 radical (unpaired) electrons. The number of sulfonamides is 1. The molecule has 1 aliphatic rings. The topological polar surface area (TPSA) is 79.3 Å².